The first kappa shape index (κ1) is 16.5. The molecule has 110 valence electrons. The van der Waals surface area contributed by atoms with E-state index >= 15 is 0 Å². The molecule has 0 saturated heterocycles. The molecule has 0 radical (unpaired) electrons. The van der Waals surface area contributed by atoms with Gasteiger partial charge in [0.15, 0.2) is 0 Å². The normalized spacial score (nSPS) is 17.8. The number of nitrogens with one attached hydrogen (secondary N) is 1. The number of anilines is 1. The Bertz CT molecular complexity index is 490. The molecule has 0 unspecified atom stereocenters. The zero-order chi connectivity index (χ0) is 14.8. The van der Waals surface area contributed by atoms with Gasteiger partial charge in [-0.05, 0) is 56.8 Å². The smallest absolute Gasteiger partial charge is 0.226 e. The number of halogens is 3. The van der Waals surface area contributed by atoms with Crippen molar-refractivity contribution in [2.24, 2.45) is 5.73 Å². The molecule has 0 aliphatic heterocycles. The van der Waals surface area contributed by atoms with Crippen LogP contribution in [-0.2, 0) is 4.79 Å². The summed E-state index contributed by atoms with van der Waals surface area (Å²) in [5.74, 6) is -0.0295. The number of rotatable bonds is 3. The van der Waals surface area contributed by atoms with Gasteiger partial charge in [0, 0.05) is 25.4 Å². The molecule has 0 heterocycles. The van der Waals surface area contributed by atoms with Gasteiger partial charge in [-0.25, -0.2) is 0 Å². The quantitative estimate of drug-likeness (QED) is 0.658. The highest BCUT2D eigenvalue weighted by Crippen LogP contribution is 2.35. The highest BCUT2D eigenvalue weighted by molar-refractivity contribution is 9.11. The summed E-state index contributed by atoms with van der Waals surface area (Å²) in [5.41, 5.74) is 6.73. The second-order valence-electron chi connectivity index (χ2n) is 5.39. The number of carbonyl (C=O) groups is 1. The second kappa shape index (κ2) is 6.90. The van der Waals surface area contributed by atoms with E-state index in [9.17, 15) is 4.79 Å². The lowest BCUT2D eigenvalue weighted by Crippen LogP contribution is -2.44. The minimum atomic E-state index is -0.337. The van der Waals surface area contributed by atoms with Gasteiger partial charge < -0.3 is 11.1 Å². The van der Waals surface area contributed by atoms with Gasteiger partial charge in [0.25, 0.3) is 0 Å². The molecule has 1 amide bonds. The Morgan fingerprint density at radius 3 is 2.25 bits per heavy atom. The van der Waals surface area contributed by atoms with Crippen molar-refractivity contribution < 1.29 is 4.79 Å². The van der Waals surface area contributed by atoms with Crippen LogP contribution in [0.25, 0.3) is 0 Å². The molecule has 2 rings (SSSR count). The highest BCUT2D eigenvalue weighted by Gasteiger charge is 2.30. The molecule has 0 spiro atoms. The van der Waals surface area contributed by atoms with Crippen LogP contribution in [0.15, 0.2) is 25.6 Å². The first-order valence-electron chi connectivity index (χ1n) is 6.63. The van der Waals surface area contributed by atoms with Crippen molar-refractivity contribution in [3.8, 4) is 0 Å². The third-order valence-corrected chi connectivity index (χ3v) is 5.34. The monoisotopic (exact) mass is 466 g/mol. The molecule has 0 atom stereocenters. The van der Waals surface area contributed by atoms with Gasteiger partial charge in [-0.1, -0.05) is 35.2 Å². The fraction of sp³-hybridized carbons (Fsp3) is 0.500. The number of hydrogen-bond donors (Lipinski definition) is 2. The Labute approximate surface area is 144 Å². The number of hydrogen-bond acceptors (Lipinski definition) is 2. The summed E-state index contributed by atoms with van der Waals surface area (Å²) in [4.78, 5) is 12.2. The molecule has 0 aromatic heterocycles. The van der Waals surface area contributed by atoms with E-state index in [1.807, 2.05) is 12.1 Å². The SMILES string of the molecule is NC1(CC(=O)Nc2c(Br)cc(Br)cc2Br)CCCCC1. The zero-order valence-corrected chi connectivity index (χ0v) is 15.8. The first-order valence-corrected chi connectivity index (χ1v) is 9.01. The Morgan fingerprint density at radius 1 is 1.15 bits per heavy atom. The Hall–Kier alpha value is 0.0900. The van der Waals surface area contributed by atoms with Gasteiger partial charge in [0.05, 0.1) is 5.69 Å². The van der Waals surface area contributed by atoms with Crippen LogP contribution < -0.4 is 11.1 Å². The van der Waals surface area contributed by atoms with Crippen LogP contribution in [0.5, 0.6) is 0 Å². The minimum Gasteiger partial charge on any atom is -0.325 e. The largest absolute Gasteiger partial charge is 0.325 e. The molecule has 3 N–H and O–H groups in total. The molecule has 1 aromatic carbocycles. The maximum Gasteiger partial charge on any atom is 0.226 e. The predicted octanol–water partition coefficient (Wildman–Crippen LogP) is 4.96. The number of benzene rings is 1. The van der Waals surface area contributed by atoms with Crippen LogP contribution in [0, 0.1) is 0 Å². The van der Waals surface area contributed by atoms with Crippen LogP contribution in [0.1, 0.15) is 38.5 Å². The third-order valence-electron chi connectivity index (χ3n) is 3.63. The standard InChI is InChI=1S/C14H17Br3N2O/c15-9-6-10(16)13(11(17)7-9)19-12(20)8-14(18)4-2-1-3-5-14/h6-7H,1-5,8,18H2,(H,19,20). The summed E-state index contributed by atoms with van der Waals surface area (Å²) in [6, 6.07) is 3.80. The molecular formula is C14H17Br3N2O. The van der Waals surface area contributed by atoms with Gasteiger partial charge in [-0.3, -0.25) is 4.79 Å². The Kier molecular flexibility index (Phi) is 5.68. The molecule has 1 aliphatic carbocycles. The maximum absolute atomic E-state index is 12.2. The summed E-state index contributed by atoms with van der Waals surface area (Å²) in [6.07, 6.45) is 5.71. The number of nitrogens with two attached hydrogens (primary N) is 1. The molecular weight excluding hydrogens is 452 g/mol. The third kappa shape index (κ3) is 4.29. The van der Waals surface area contributed by atoms with Crippen molar-refractivity contribution in [1.29, 1.82) is 0 Å². The molecule has 6 heteroatoms. The van der Waals surface area contributed by atoms with Crippen LogP contribution in [0.3, 0.4) is 0 Å². The van der Waals surface area contributed by atoms with E-state index in [0.717, 1.165) is 44.8 Å². The first-order chi connectivity index (χ1) is 9.39. The average Bonchev–Trinajstić information content (AvgIpc) is 2.34. The fourth-order valence-corrected chi connectivity index (χ4v) is 5.05. The summed E-state index contributed by atoms with van der Waals surface area (Å²) in [5, 5.41) is 2.94. The number of amides is 1. The number of carbonyl (C=O) groups excluding carboxylic acids is 1. The second-order valence-corrected chi connectivity index (χ2v) is 8.02. The summed E-state index contributed by atoms with van der Waals surface area (Å²) < 4.78 is 2.61. The van der Waals surface area contributed by atoms with E-state index in [2.05, 4.69) is 53.1 Å². The van der Waals surface area contributed by atoms with Crippen LogP contribution in [-0.4, -0.2) is 11.4 Å². The van der Waals surface area contributed by atoms with Crippen molar-refractivity contribution in [2.75, 3.05) is 5.32 Å². The Balaban J connectivity index is 2.05. The Morgan fingerprint density at radius 2 is 1.70 bits per heavy atom. The molecule has 3 nitrogen and oxygen atoms in total. The molecule has 1 fully saturated rings. The van der Waals surface area contributed by atoms with E-state index < -0.39 is 0 Å². The van der Waals surface area contributed by atoms with Crippen molar-refractivity contribution >= 4 is 59.4 Å². The average molecular weight is 469 g/mol. The van der Waals surface area contributed by atoms with Gasteiger partial charge in [-0.15, -0.1) is 0 Å². The molecule has 1 aliphatic rings. The van der Waals surface area contributed by atoms with Crippen molar-refractivity contribution in [3.63, 3.8) is 0 Å². The van der Waals surface area contributed by atoms with Crippen LogP contribution in [0.2, 0.25) is 0 Å². The van der Waals surface area contributed by atoms with Crippen molar-refractivity contribution in [3.05, 3.63) is 25.6 Å². The van der Waals surface area contributed by atoms with Gasteiger partial charge >= 0.3 is 0 Å². The molecule has 1 saturated carbocycles. The zero-order valence-electron chi connectivity index (χ0n) is 11.0. The van der Waals surface area contributed by atoms with Crippen LogP contribution in [0.4, 0.5) is 5.69 Å². The van der Waals surface area contributed by atoms with Crippen LogP contribution >= 0.6 is 47.8 Å². The minimum absolute atomic E-state index is 0.0295. The molecule has 0 bridgehead atoms. The van der Waals surface area contributed by atoms with Crippen molar-refractivity contribution in [1.82, 2.24) is 0 Å². The summed E-state index contributed by atoms with van der Waals surface area (Å²) in [7, 11) is 0. The summed E-state index contributed by atoms with van der Waals surface area (Å²) in [6.45, 7) is 0. The van der Waals surface area contributed by atoms with E-state index in [0.29, 0.717) is 6.42 Å². The van der Waals surface area contributed by atoms with E-state index in [4.69, 9.17) is 5.73 Å². The van der Waals surface area contributed by atoms with E-state index in [1.165, 1.54) is 6.42 Å². The fourth-order valence-electron chi connectivity index (χ4n) is 2.60. The highest BCUT2D eigenvalue weighted by atomic mass is 79.9. The maximum atomic E-state index is 12.2. The van der Waals surface area contributed by atoms with E-state index in [1.54, 1.807) is 0 Å². The molecule has 1 aromatic rings. The summed E-state index contributed by atoms with van der Waals surface area (Å²) >= 11 is 10.3. The van der Waals surface area contributed by atoms with Gasteiger partial charge in [0.2, 0.25) is 5.91 Å². The van der Waals surface area contributed by atoms with Gasteiger partial charge in [0.1, 0.15) is 0 Å². The van der Waals surface area contributed by atoms with E-state index in [-0.39, 0.29) is 11.4 Å². The van der Waals surface area contributed by atoms with Gasteiger partial charge in [-0.2, -0.15) is 0 Å². The topological polar surface area (TPSA) is 55.1 Å². The molecule has 20 heavy (non-hydrogen) atoms. The van der Waals surface area contributed by atoms with Crippen molar-refractivity contribution in [2.45, 2.75) is 44.1 Å². The predicted molar refractivity (Wildman–Crippen MR) is 92.8 cm³/mol. The lowest BCUT2D eigenvalue weighted by atomic mass is 9.80. The lowest BCUT2D eigenvalue weighted by Gasteiger charge is -2.32. The lowest BCUT2D eigenvalue weighted by molar-refractivity contribution is -0.117.